The summed E-state index contributed by atoms with van der Waals surface area (Å²) in [5.74, 6) is -0.172. The van der Waals surface area contributed by atoms with E-state index in [4.69, 9.17) is 10.5 Å². The molecule has 3 rings (SSSR count). The van der Waals surface area contributed by atoms with Gasteiger partial charge in [-0.25, -0.2) is 9.36 Å². The topological polar surface area (TPSA) is 108 Å². The number of nitrogens with two attached hydrogens (primary N) is 1. The van der Waals surface area contributed by atoms with Crippen molar-refractivity contribution in [3.63, 3.8) is 0 Å². The number of hydrogen-bond acceptors (Lipinski definition) is 5. The van der Waals surface area contributed by atoms with Crippen LogP contribution in [-0.4, -0.2) is 31.4 Å². The van der Waals surface area contributed by atoms with E-state index in [9.17, 15) is 22.8 Å². The zero-order valence-electron chi connectivity index (χ0n) is 14.2. The average molecular weight is 375 g/mol. The lowest BCUT2D eigenvalue weighted by molar-refractivity contribution is -0.162. The molecule has 2 unspecified atom stereocenters. The molecule has 0 aromatic carbocycles. The number of anilines is 1. The lowest BCUT2D eigenvalue weighted by Crippen LogP contribution is -2.29. The van der Waals surface area contributed by atoms with Gasteiger partial charge < -0.3 is 10.5 Å². The summed E-state index contributed by atoms with van der Waals surface area (Å²) in [6.07, 6.45) is -5.52. The van der Waals surface area contributed by atoms with E-state index in [1.807, 2.05) is 6.92 Å². The highest BCUT2D eigenvalue weighted by Gasteiger charge is 2.38. The third kappa shape index (κ3) is 3.48. The first-order chi connectivity index (χ1) is 12.2. The predicted molar refractivity (Wildman–Crippen MR) is 87.8 cm³/mol. The highest BCUT2D eigenvalue weighted by Crippen LogP contribution is 2.35. The summed E-state index contributed by atoms with van der Waals surface area (Å²) < 4.78 is 45.6. The third-order valence-corrected chi connectivity index (χ3v) is 4.40. The Hall–Kier alpha value is -2.30. The van der Waals surface area contributed by atoms with Gasteiger partial charge in [0.05, 0.1) is 12.5 Å². The summed E-state index contributed by atoms with van der Waals surface area (Å²) in [5, 5.41) is 0. The van der Waals surface area contributed by atoms with E-state index < -0.39 is 36.2 Å². The maximum absolute atomic E-state index is 12.8. The summed E-state index contributed by atoms with van der Waals surface area (Å²) in [4.78, 5) is 31.5. The van der Waals surface area contributed by atoms with Crippen molar-refractivity contribution in [2.45, 2.75) is 64.1 Å². The van der Waals surface area contributed by atoms with Crippen molar-refractivity contribution < 1.29 is 17.9 Å². The number of H-pyrrole nitrogens is 1. The van der Waals surface area contributed by atoms with Crippen molar-refractivity contribution >= 4 is 17.1 Å². The van der Waals surface area contributed by atoms with E-state index in [1.165, 1.54) is 4.57 Å². The summed E-state index contributed by atoms with van der Waals surface area (Å²) >= 11 is 0. The molecule has 1 saturated heterocycles. The van der Waals surface area contributed by atoms with Gasteiger partial charge >= 0.3 is 11.9 Å². The Morgan fingerprint density at radius 2 is 2.08 bits per heavy atom. The number of unbranched alkanes of at least 4 members (excludes halogenated alkanes) is 1. The Labute approximate surface area is 145 Å². The third-order valence-electron chi connectivity index (χ3n) is 4.40. The highest BCUT2D eigenvalue weighted by atomic mass is 19.4. The number of aryl methyl sites for hydroxylation is 1. The quantitative estimate of drug-likeness (QED) is 0.830. The number of aromatic nitrogens is 4. The van der Waals surface area contributed by atoms with Crippen molar-refractivity contribution in [2.24, 2.45) is 0 Å². The van der Waals surface area contributed by atoms with E-state index in [0.717, 1.165) is 11.0 Å². The number of ether oxygens (including phenoxy) is 1. The van der Waals surface area contributed by atoms with Crippen LogP contribution in [0.1, 0.15) is 45.3 Å². The summed E-state index contributed by atoms with van der Waals surface area (Å²) in [6, 6.07) is 0. The largest absolute Gasteiger partial charge is 0.391 e. The summed E-state index contributed by atoms with van der Waals surface area (Å²) in [5.41, 5.74) is 4.57. The van der Waals surface area contributed by atoms with Crippen molar-refractivity contribution in [1.29, 1.82) is 0 Å². The van der Waals surface area contributed by atoms with Crippen molar-refractivity contribution in [3.8, 4) is 0 Å². The Morgan fingerprint density at radius 1 is 1.35 bits per heavy atom. The number of aromatic amines is 1. The molecule has 0 radical (unpaired) electrons. The average Bonchev–Trinajstić information content (AvgIpc) is 3.05. The van der Waals surface area contributed by atoms with E-state index >= 15 is 0 Å². The molecule has 2 atom stereocenters. The molecule has 0 aliphatic carbocycles. The van der Waals surface area contributed by atoms with Gasteiger partial charge in [0.1, 0.15) is 6.23 Å². The number of alkyl halides is 3. The number of hydrogen-bond donors (Lipinski definition) is 2. The molecule has 8 nitrogen and oxygen atoms in total. The van der Waals surface area contributed by atoms with Gasteiger partial charge in [0.15, 0.2) is 11.2 Å². The Balaban J connectivity index is 2.05. The van der Waals surface area contributed by atoms with Crippen LogP contribution in [0.2, 0.25) is 0 Å². The minimum atomic E-state index is -4.35. The predicted octanol–water partition coefficient (Wildman–Crippen LogP) is 1.90. The van der Waals surface area contributed by atoms with Crippen LogP contribution in [0.15, 0.2) is 9.59 Å². The molecule has 2 aromatic rings. The number of fused-ring (bicyclic) bond motifs is 1. The van der Waals surface area contributed by atoms with Crippen molar-refractivity contribution in [3.05, 3.63) is 20.8 Å². The van der Waals surface area contributed by atoms with Gasteiger partial charge in [0.2, 0.25) is 5.95 Å². The monoisotopic (exact) mass is 375 g/mol. The minimum Gasteiger partial charge on any atom is -0.369 e. The lowest BCUT2D eigenvalue weighted by atomic mass is 10.2. The van der Waals surface area contributed by atoms with E-state index in [2.05, 4.69) is 9.97 Å². The van der Waals surface area contributed by atoms with Crippen LogP contribution >= 0.6 is 0 Å². The zero-order chi connectivity index (χ0) is 19.1. The first kappa shape index (κ1) is 18.5. The van der Waals surface area contributed by atoms with Gasteiger partial charge in [0.25, 0.3) is 5.56 Å². The maximum atomic E-state index is 12.8. The Morgan fingerprint density at radius 3 is 2.73 bits per heavy atom. The van der Waals surface area contributed by atoms with Gasteiger partial charge in [0, 0.05) is 6.54 Å². The Kier molecular flexibility index (Phi) is 4.82. The molecule has 11 heteroatoms. The molecule has 26 heavy (non-hydrogen) atoms. The van der Waals surface area contributed by atoms with Crippen LogP contribution in [0.3, 0.4) is 0 Å². The zero-order valence-corrected chi connectivity index (χ0v) is 14.2. The Bertz CT molecular complexity index is 914. The van der Waals surface area contributed by atoms with E-state index in [0.29, 0.717) is 13.0 Å². The molecular formula is C15H20F3N5O3. The molecule has 1 fully saturated rings. The van der Waals surface area contributed by atoms with Crippen LogP contribution in [0, 0.1) is 0 Å². The van der Waals surface area contributed by atoms with Crippen molar-refractivity contribution in [1.82, 2.24) is 19.1 Å². The normalized spacial score (nSPS) is 20.9. The number of nitrogens with zero attached hydrogens (tertiary/aromatic N) is 3. The second-order valence-corrected chi connectivity index (χ2v) is 6.39. The van der Waals surface area contributed by atoms with E-state index in [-0.39, 0.29) is 30.0 Å². The molecule has 1 aliphatic heterocycles. The molecule has 3 N–H and O–H groups in total. The fourth-order valence-electron chi connectivity index (χ4n) is 3.27. The maximum Gasteiger partial charge on any atom is 0.391 e. The molecule has 0 saturated carbocycles. The molecule has 3 heterocycles. The SMILES string of the molecule is CCCCn1c(=O)n(C2CCC(CC(F)(F)F)O2)c2nc(N)[nH]c(=O)c21. The second kappa shape index (κ2) is 6.78. The number of imidazole rings is 1. The standard InChI is InChI=1S/C15H20F3N5O3/c1-2-3-6-22-10-11(20-13(19)21-12(10)24)23(14(22)25)9-5-4-8(26-9)7-15(16,17)18/h8-9H,2-7H2,1H3,(H3,19,20,21,24). The molecule has 0 bridgehead atoms. The first-order valence-electron chi connectivity index (χ1n) is 8.44. The summed E-state index contributed by atoms with van der Waals surface area (Å²) in [6.45, 7) is 2.23. The van der Waals surface area contributed by atoms with Crippen LogP contribution in [0.25, 0.3) is 11.2 Å². The van der Waals surface area contributed by atoms with Crippen LogP contribution in [0.5, 0.6) is 0 Å². The number of halogens is 3. The summed E-state index contributed by atoms with van der Waals surface area (Å²) in [7, 11) is 0. The minimum absolute atomic E-state index is 0.0324. The van der Waals surface area contributed by atoms with E-state index in [1.54, 1.807) is 0 Å². The molecule has 2 aromatic heterocycles. The number of nitrogen functional groups attached to an aromatic ring is 1. The smallest absolute Gasteiger partial charge is 0.369 e. The van der Waals surface area contributed by atoms with Crippen LogP contribution in [-0.2, 0) is 11.3 Å². The first-order valence-corrected chi connectivity index (χ1v) is 8.44. The fraction of sp³-hybridized carbons (Fsp3) is 0.667. The molecule has 0 amide bonds. The highest BCUT2D eigenvalue weighted by molar-refractivity contribution is 5.71. The molecule has 1 aliphatic rings. The molecule has 144 valence electrons. The van der Waals surface area contributed by atoms with Gasteiger partial charge in [-0.2, -0.15) is 18.2 Å². The second-order valence-electron chi connectivity index (χ2n) is 6.39. The van der Waals surface area contributed by atoms with Crippen LogP contribution in [0.4, 0.5) is 19.1 Å². The molecule has 0 spiro atoms. The van der Waals surface area contributed by atoms with Gasteiger partial charge in [-0.05, 0) is 19.3 Å². The number of nitrogens with one attached hydrogen (secondary N) is 1. The lowest BCUT2D eigenvalue weighted by Gasteiger charge is -2.16. The van der Waals surface area contributed by atoms with Gasteiger partial charge in [-0.15, -0.1) is 0 Å². The fourth-order valence-corrected chi connectivity index (χ4v) is 3.27. The van der Waals surface area contributed by atoms with Crippen molar-refractivity contribution in [2.75, 3.05) is 5.73 Å². The van der Waals surface area contributed by atoms with Gasteiger partial charge in [-0.3, -0.25) is 14.3 Å². The van der Waals surface area contributed by atoms with Gasteiger partial charge in [-0.1, -0.05) is 13.3 Å². The molecular weight excluding hydrogens is 355 g/mol. The number of rotatable bonds is 5. The van der Waals surface area contributed by atoms with Crippen LogP contribution < -0.4 is 17.0 Å².